The van der Waals surface area contributed by atoms with E-state index in [0.29, 0.717) is 0 Å². The van der Waals surface area contributed by atoms with Gasteiger partial charge in [-0.3, -0.25) is 9.59 Å². The summed E-state index contributed by atoms with van der Waals surface area (Å²) in [7, 11) is 0. The number of hydrogen-bond acceptors (Lipinski definition) is 11. The van der Waals surface area contributed by atoms with Crippen molar-refractivity contribution in [3.63, 3.8) is 0 Å². The molecule has 0 spiro atoms. The molecule has 0 radical (unpaired) electrons. The van der Waals surface area contributed by atoms with Crippen molar-refractivity contribution in [3.05, 3.63) is 124 Å². The van der Waals surface area contributed by atoms with Gasteiger partial charge in [0.2, 0.25) is 0 Å². The molecule has 0 saturated carbocycles. The molecule has 0 aliphatic heterocycles. The zero-order valence-electron chi connectivity index (χ0n) is 27.7. The van der Waals surface area contributed by atoms with Gasteiger partial charge in [-0.15, -0.1) is 34.0 Å². The Labute approximate surface area is 306 Å². The summed E-state index contributed by atoms with van der Waals surface area (Å²) in [6, 6.07) is 24.1. The number of aliphatic hydroxyl groups excluding tert-OH is 1. The number of thiazole rings is 3. The highest BCUT2D eigenvalue weighted by molar-refractivity contribution is 7.14. The molecule has 51 heavy (non-hydrogen) atoms. The summed E-state index contributed by atoms with van der Waals surface area (Å²) >= 11 is 4.66. The van der Waals surface area contributed by atoms with Crippen LogP contribution >= 0.6 is 34.0 Å². The third-order valence-corrected chi connectivity index (χ3v) is 10.6. The first kappa shape index (κ1) is 34.1. The fourth-order valence-electron chi connectivity index (χ4n) is 5.98. The van der Waals surface area contributed by atoms with E-state index in [1.807, 2.05) is 83.3 Å². The monoisotopic (exact) mass is 729 g/mol. The predicted molar refractivity (Wildman–Crippen MR) is 203 cm³/mol. The number of rotatable bonds is 11. The summed E-state index contributed by atoms with van der Waals surface area (Å²) in [6.07, 6.45) is 5.44. The summed E-state index contributed by atoms with van der Waals surface area (Å²) in [4.78, 5) is 37.9. The Morgan fingerprint density at radius 3 is 1.08 bits per heavy atom. The number of carbonyl (C=O) groups is 2. The Bertz CT molecular complexity index is 2150. The standard InChI is InChI=1S/C40H31N3O5S3/c1-24(45)47-22-27-5-11-30(12-6-27)33-35(38-41-15-18-49-38)32(29-9-3-26(21-44)4-10-29)36(39-42-16-19-50-39)34(37(33)40-43-17-20-51-40)31-13-7-28(8-14-31)23-48-25(2)46/h3-20,44H,21-23H2,1-2H3. The Hall–Kier alpha value is -5.33. The Kier molecular flexibility index (Phi) is 10.2. The lowest BCUT2D eigenvalue weighted by Crippen LogP contribution is -2.03. The second-order valence-corrected chi connectivity index (χ2v) is 14.3. The van der Waals surface area contributed by atoms with Crippen molar-refractivity contribution in [2.24, 2.45) is 0 Å². The molecule has 4 aromatic carbocycles. The van der Waals surface area contributed by atoms with Crippen LogP contribution in [0.25, 0.3) is 65.1 Å². The average Bonchev–Trinajstić information content (AvgIpc) is 3.98. The first-order valence-corrected chi connectivity index (χ1v) is 18.6. The molecule has 0 fully saturated rings. The molecule has 254 valence electrons. The molecule has 0 aliphatic carbocycles. The molecule has 8 nitrogen and oxygen atoms in total. The van der Waals surface area contributed by atoms with Gasteiger partial charge < -0.3 is 14.6 Å². The molecular formula is C40H31N3O5S3. The van der Waals surface area contributed by atoms with Crippen LogP contribution in [0, 0.1) is 0 Å². The number of aliphatic hydroxyl groups is 1. The van der Waals surface area contributed by atoms with Crippen LogP contribution in [0.2, 0.25) is 0 Å². The predicted octanol–water partition coefficient (Wildman–Crippen LogP) is 9.68. The lowest BCUT2D eigenvalue weighted by molar-refractivity contribution is -0.143. The van der Waals surface area contributed by atoms with E-state index in [2.05, 4.69) is 24.3 Å². The van der Waals surface area contributed by atoms with Gasteiger partial charge in [-0.05, 0) is 33.4 Å². The molecule has 3 heterocycles. The highest BCUT2D eigenvalue weighted by atomic mass is 32.1. The number of carbonyl (C=O) groups excluding carboxylic acids is 2. The van der Waals surface area contributed by atoms with E-state index < -0.39 is 0 Å². The third kappa shape index (κ3) is 7.28. The minimum Gasteiger partial charge on any atom is -0.461 e. The highest BCUT2D eigenvalue weighted by Gasteiger charge is 2.31. The van der Waals surface area contributed by atoms with E-state index in [9.17, 15) is 14.7 Å². The lowest BCUT2D eigenvalue weighted by Gasteiger charge is -2.26. The fourth-order valence-corrected chi connectivity index (χ4v) is 8.06. The number of ether oxygens (including phenoxy) is 2. The van der Waals surface area contributed by atoms with E-state index in [1.54, 1.807) is 34.0 Å². The summed E-state index contributed by atoms with van der Waals surface area (Å²) in [6.45, 7) is 3.07. The minimum absolute atomic E-state index is 0.0716. The molecule has 0 unspecified atom stereocenters. The average molecular weight is 730 g/mol. The van der Waals surface area contributed by atoms with E-state index >= 15 is 0 Å². The zero-order chi connectivity index (χ0) is 35.3. The molecular weight excluding hydrogens is 699 g/mol. The quantitative estimate of drug-likeness (QED) is 0.131. The van der Waals surface area contributed by atoms with E-state index in [4.69, 9.17) is 24.4 Å². The molecule has 1 N–H and O–H groups in total. The first-order valence-electron chi connectivity index (χ1n) is 16.0. The number of esters is 2. The van der Waals surface area contributed by atoms with Gasteiger partial charge in [0.05, 0.1) is 6.61 Å². The third-order valence-electron chi connectivity index (χ3n) is 8.23. The van der Waals surface area contributed by atoms with Crippen molar-refractivity contribution >= 4 is 45.9 Å². The Balaban J connectivity index is 1.63. The SMILES string of the molecule is CC(=O)OCc1ccc(-c2c(-c3nccs3)c(-c3ccc(CO)cc3)c(-c3nccs3)c(-c3ccc(COC(C)=O)cc3)c2-c2nccs2)cc1. The van der Waals surface area contributed by atoms with Crippen LogP contribution in [-0.4, -0.2) is 32.0 Å². The minimum atomic E-state index is -0.339. The number of aromatic nitrogens is 3. The number of nitrogens with zero attached hydrogens (tertiary/aromatic N) is 3. The fraction of sp³-hybridized carbons (Fsp3) is 0.125. The largest absolute Gasteiger partial charge is 0.461 e. The molecule has 0 saturated heterocycles. The first-order chi connectivity index (χ1) is 24.9. The van der Waals surface area contributed by atoms with Gasteiger partial charge in [0.1, 0.15) is 28.2 Å². The topological polar surface area (TPSA) is 112 Å². The summed E-state index contributed by atoms with van der Waals surface area (Å²) < 4.78 is 10.6. The van der Waals surface area contributed by atoms with Crippen molar-refractivity contribution in [2.45, 2.75) is 33.7 Å². The van der Waals surface area contributed by atoms with E-state index in [-0.39, 0.29) is 31.8 Å². The normalized spacial score (nSPS) is 11.0. The van der Waals surface area contributed by atoms with Crippen LogP contribution in [0.5, 0.6) is 0 Å². The second kappa shape index (κ2) is 15.3. The maximum atomic E-state index is 11.6. The van der Waals surface area contributed by atoms with Gasteiger partial charge in [-0.1, -0.05) is 72.8 Å². The molecule has 0 bridgehead atoms. The molecule has 0 amide bonds. The van der Waals surface area contributed by atoms with E-state index in [0.717, 1.165) is 81.8 Å². The maximum absolute atomic E-state index is 11.6. The van der Waals surface area contributed by atoms with Gasteiger partial charge in [-0.25, -0.2) is 15.0 Å². The van der Waals surface area contributed by atoms with Crippen molar-refractivity contribution in [1.82, 2.24) is 15.0 Å². The van der Waals surface area contributed by atoms with Gasteiger partial charge in [0.25, 0.3) is 0 Å². The molecule has 3 aromatic heterocycles. The van der Waals surface area contributed by atoms with Gasteiger partial charge in [-0.2, -0.15) is 0 Å². The van der Waals surface area contributed by atoms with Crippen LogP contribution < -0.4 is 0 Å². The van der Waals surface area contributed by atoms with E-state index in [1.165, 1.54) is 13.8 Å². The van der Waals surface area contributed by atoms with Crippen molar-refractivity contribution < 1.29 is 24.2 Å². The lowest BCUT2D eigenvalue weighted by atomic mass is 9.79. The van der Waals surface area contributed by atoms with Crippen molar-refractivity contribution in [2.75, 3.05) is 0 Å². The second-order valence-electron chi connectivity index (χ2n) is 11.6. The summed E-state index contributed by atoms with van der Waals surface area (Å²) in [5, 5.41) is 18.3. The maximum Gasteiger partial charge on any atom is 0.302 e. The van der Waals surface area contributed by atoms with Gasteiger partial charge in [0.15, 0.2) is 0 Å². The van der Waals surface area contributed by atoms with Crippen molar-refractivity contribution in [3.8, 4) is 65.1 Å². The molecule has 11 heteroatoms. The summed E-state index contributed by atoms with van der Waals surface area (Å²) in [5.74, 6) is -0.677. The highest BCUT2D eigenvalue weighted by Crippen LogP contribution is 2.56. The van der Waals surface area contributed by atoms with Crippen LogP contribution in [0.1, 0.15) is 30.5 Å². The summed E-state index contributed by atoms with van der Waals surface area (Å²) in [5.41, 5.74) is 11.0. The Morgan fingerprint density at radius 2 is 0.824 bits per heavy atom. The number of hydrogen-bond donors (Lipinski definition) is 1. The van der Waals surface area contributed by atoms with Gasteiger partial charge in [0, 0.05) is 82.0 Å². The molecule has 7 aromatic rings. The van der Waals surface area contributed by atoms with Crippen LogP contribution in [0.15, 0.2) is 108 Å². The smallest absolute Gasteiger partial charge is 0.302 e. The van der Waals surface area contributed by atoms with Crippen molar-refractivity contribution in [1.29, 1.82) is 0 Å². The van der Waals surface area contributed by atoms with Gasteiger partial charge >= 0.3 is 11.9 Å². The molecule has 7 rings (SSSR count). The zero-order valence-corrected chi connectivity index (χ0v) is 30.1. The van der Waals surface area contributed by atoms with Crippen LogP contribution in [0.3, 0.4) is 0 Å². The Morgan fingerprint density at radius 1 is 0.510 bits per heavy atom. The molecule has 0 atom stereocenters. The van der Waals surface area contributed by atoms with Crippen LogP contribution in [0.4, 0.5) is 0 Å². The molecule has 0 aliphatic rings. The van der Waals surface area contributed by atoms with Crippen LogP contribution in [-0.2, 0) is 38.9 Å². The number of benzene rings is 4.